The highest BCUT2D eigenvalue weighted by Crippen LogP contribution is 2.38. The number of nitrogens with one attached hydrogen (secondary N) is 1. The lowest BCUT2D eigenvalue weighted by Crippen LogP contribution is -2.45. The zero-order valence-electron chi connectivity index (χ0n) is 16.6. The van der Waals surface area contributed by atoms with E-state index in [4.69, 9.17) is 9.47 Å². The van der Waals surface area contributed by atoms with E-state index in [1.807, 2.05) is 42.5 Å². The number of hydrogen-bond acceptors (Lipinski definition) is 4. The first kappa shape index (κ1) is 18.9. The van der Waals surface area contributed by atoms with Crippen molar-refractivity contribution < 1.29 is 19.1 Å². The summed E-state index contributed by atoms with van der Waals surface area (Å²) in [6, 6.07) is 14.4. The van der Waals surface area contributed by atoms with E-state index < -0.39 is 6.04 Å². The molecule has 1 atom stereocenters. The summed E-state index contributed by atoms with van der Waals surface area (Å²) in [5.41, 5.74) is 3.09. The van der Waals surface area contributed by atoms with Crippen molar-refractivity contribution in [2.24, 2.45) is 0 Å². The van der Waals surface area contributed by atoms with Gasteiger partial charge in [0.2, 0.25) is 0 Å². The number of hydrogen-bond donors (Lipinski definition) is 1. The van der Waals surface area contributed by atoms with Crippen LogP contribution in [0, 0.1) is 0 Å². The Balaban J connectivity index is 1.71. The van der Waals surface area contributed by atoms with Gasteiger partial charge in [-0.05, 0) is 23.3 Å². The van der Waals surface area contributed by atoms with Crippen molar-refractivity contribution in [3.8, 4) is 11.5 Å². The number of urea groups is 1. The number of likely N-dealkylation sites (N-methyl/N-ethyl adjacent to an activating group) is 1. The minimum Gasteiger partial charge on any atom is -0.497 e. The normalized spacial score (nSPS) is 18.7. The number of amides is 3. The van der Waals surface area contributed by atoms with Crippen LogP contribution in [0.4, 0.5) is 4.79 Å². The van der Waals surface area contributed by atoms with Crippen LogP contribution in [0.5, 0.6) is 11.5 Å². The largest absolute Gasteiger partial charge is 0.497 e. The average molecular weight is 393 g/mol. The van der Waals surface area contributed by atoms with Crippen molar-refractivity contribution in [1.82, 2.24) is 15.1 Å². The van der Waals surface area contributed by atoms with E-state index in [0.717, 1.165) is 16.8 Å². The van der Waals surface area contributed by atoms with Crippen LogP contribution in [0.25, 0.3) is 0 Å². The van der Waals surface area contributed by atoms with Crippen LogP contribution in [0.1, 0.15) is 17.2 Å². The summed E-state index contributed by atoms with van der Waals surface area (Å²) in [4.78, 5) is 29.2. The molecule has 0 radical (unpaired) electrons. The Bertz CT molecular complexity index is 965. The predicted octanol–water partition coefficient (Wildman–Crippen LogP) is 2.70. The number of benzene rings is 2. The van der Waals surface area contributed by atoms with E-state index in [1.54, 1.807) is 32.2 Å². The predicted molar refractivity (Wildman–Crippen MR) is 107 cm³/mol. The van der Waals surface area contributed by atoms with Crippen LogP contribution in [-0.4, -0.2) is 49.6 Å². The van der Waals surface area contributed by atoms with Gasteiger partial charge < -0.3 is 19.7 Å². The van der Waals surface area contributed by atoms with Gasteiger partial charge in [-0.2, -0.15) is 0 Å². The topological polar surface area (TPSA) is 71.1 Å². The van der Waals surface area contributed by atoms with Crippen LogP contribution >= 0.6 is 0 Å². The molecule has 0 aromatic heterocycles. The van der Waals surface area contributed by atoms with E-state index in [0.29, 0.717) is 30.2 Å². The molecule has 2 heterocycles. The molecule has 2 aromatic rings. The Labute approximate surface area is 169 Å². The van der Waals surface area contributed by atoms with Crippen LogP contribution < -0.4 is 14.8 Å². The molecule has 0 fully saturated rings. The van der Waals surface area contributed by atoms with Gasteiger partial charge in [0.15, 0.2) is 0 Å². The molecule has 0 spiro atoms. The second-order valence-corrected chi connectivity index (χ2v) is 7.09. The minimum absolute atomic E-state index is 0.0810. The number of nitrogens with zero attached hydrogens (tertiary/aromatic N) is 2. The standard InChI is InChI=1S/C22H23N3O4/c1-24-18-13-25(12-14-7-5-4-6-8-14)21(26)19(18)20(23-22(24)27)15-9-16(28-2)11-17(10-15)29-3/h4-11,20H,12-13H2,1-3H3,(H,23,27). The zero-order valence-corrected chi connectivity index (χ0v) is 16.6. The number of rotatable bonds is 5. The number of carbonyl (C=O) groups is 2. The second-order valence-electron chi connectivity index (χ2n) is 7.09. The molecular formula is C22H23N3O4. The van der Waals surface area contributed by atoms with E-state index >= 15 is 0 Å². The van der Waals surface area contributed by atoms with Crippen LogP contribution in [0.3, 0.4) is 0 Å². The van der Waals surface area contributed by atoms with E-state index in [-0.39, 0.29) is 11.9 Å². The zero-order chi connectivity index (χ0) is 20.5. The van der Waals surface area contributed by atoms with Crippen molar-refractivity contribution in [3.05, 3.63) is 70.9 Å². The maximum atomic E-state index is 13.3. The van der Waals surface area contributed by atoms with Gasteiger partial charge in [0, 0.05) is 19.7 Å². The summed E-state index contributed by atoms with van der Waals surface area (Å²) >= 11 is 0. The van der Waals surface area contributed by atoms with Crippen LogP contribution in [-0.2, 0) is 11.3 Å². The van der Waals surface area contributed by atoms with Gasteiger partial charge >= 0.3 is 6.03 Å². The quantitative estimate of drug-likeness (QED) is 0.848. The molecule has 1 unspecified atom stereocenters. The van der Waals surface area contributed by atoms with Gasteiger partial charge in [-0.1, -0.05) is 30.3 Å². The molecule has 2 aromatic carbocycles. The van der Waals surface area contributed by atoms with E-state index in [2.05, 4.69) is 5.32 Å². The summed E-state index contributed by atoms with van der Waals surface area (Å²) in [6.07, 6.45) is 0. The first-order valence-electron chi connectivity index (χ1n) is 9.35. The van der Waals surface area contributed by atoms with Gasteiger partial charge in [-0.3, -0.25) is 9.69 Å². The Kier molecular flexibility index (Phi) is 4.88. The van der Waals surface area contributed by atoms with Crippen molar-refractivity contribution >= 4 is 11.9 Å². The summed E-state index contributed by atoms with van der Waals surface area (Å²) in [7, 11) is 4.82. The van der Waals surface area contributed by atoms with Gasteiger partial charge in [-0.25, -0.2) is 4.79 Å². The first-order chi connectivity index (χ1) is 14.0. The molecule has 7 heteroatoms. The molecule has 0 aliphatic carbocycles. The molecule has 29 heavy (non-hydrogen) atoms. The average Bonchev–Trinajstić information content (AvgIpc) is 3.07. The Hall–Kier alpha value is -3.48. The molecule has 2 aliphatic rings. The van der Waals surface area contributed by atoms with Crippen LogP contribution in [0.15, 0.2) is 59.8 Å². The Morgan fingerprint density at radius 2 is 1.69 bits per heavy atom. The summed E-state index contributed by atoms with van der Waals surface area (Å²) in [5.74, 6) is 1.12. The second kappa shape index (κ2) is 7.50. The van der Waals surface area contributed by atoms with Crippen molar-refractivity contribution in [3.63, 3.8) is 0 Å². The van der Waals surface area contributed by atoms with Gasteiger partial charge in [0.25, 0.3) is 5.91 Å². The lowest BCUT2D eigenvalue weighted by atomic mass is 9.95. The fraction of sp³-hybridized carbons (Fsp3) is 0.273. The Morgan fingerprint density at radius 1 is 1.03 bits per heavy atom. The molecule has 3 amide bonds. The van der Waals surface area contributed by atoms with Gasteiger partial charge in [-0.15, -0.1) is 0 Å². The number of methoxy groups -OCH3 is 2. The van der Waals surface area contributed by atoms with Gasteiger partial charge in [0.1, 0.15) is 11.5 Å². The first-order valence-corrected chi connectivity index (χ1v) is 9.35. The SMILES string of the molecule is COc1cc(OC)cc(C2NC(=O)N(C)C3=C2C(=O)N(Cc2ccccc2)C3)c1. The monoisotopic (exact) mass is 393 g/mol. The third kappa shape index (κ3) is 3.40. The molecule has 0 saturated carbocycles. The highest BCUT2D eigenvalue weighted by Gasteiger charge is 2.43. The number of carbonyl (C=O) groups excluding carboxylic acids is 2. The third-order valence-electron chi connectivity index (χ3n) is 5.36. The Morgan fingerprint density at radius 3 is 2.31 bits per heavy atom. The van der Waals surface area contributed by atoms with Crippen LogP contribution in [0.2, 0.25) is 0 Å². The fourth-order valence-electron chi connectivity index (χ4n) is 3.80. The number of ether oxygens (including phenoxy) is 2. The van der Waals surface area contributed by atoms with Crippen molar-refractivity contribution in [2.75, 3.05) is 27.8 Å². The van der Waals surface area contributed by atoms with Crippen molar-refractivity contribution in [2.45, 2.75) is 12.6 Å². The molecular weight excluding hydrogens is 370 g/mol. The molecule has 7 nitrogen and oxygen atoms in total. The van der Waals surface area contributed by atoms with E-state index in [1.165, 1.54) is 4.90 Å². The minimum atomic E-state index is -0.564. The maximum absolute atomic E-state index is 13.3. The smallest absolute Gasteiger partial charge is 0.322 e. The molecule has 150 valence electrons. The summed E-state index contributed by atoms with van der Waals surface area (Å²) < 4.78 is 10.7. The summed E-state index contributed by atoms with van der Waals surface area (Å²) in [6.45, 7) is 0.882. The van der Waals surface area contributed by atoms with E-state index in [9.17, 15) is 9.59 Å². The molecule has 0 bridgehead atoms. The highest BCUT2D eigenvalue weighted by molar-refractivity contribution is 6.01. The molecule has 1 N–H and O–H groups in total. The van der Waals surface area contributed by atoms with Crippen molar-refractivity contribution in [1.29, 1.82) is 0 Å². The maximum Gasteiger partial charge on any atom is 0.322 e. The molecule has 0 saturated heterocycles. The third-order valence-corrected chi connectivity index (χ3v) is 5.36. The lowest BCUT2D eigenvalue weighted by Gasteiger charge is -2.31. The fourth-order valence-corrected chi connectivity index (χ4v) is 3.80. The highest BCUT2D eigenvalue weighted by atomic mass is 16.5. The molecule has 2 aliphatic heterocycles. The molecule has 4 rings (SSSR count). The summed E-state index contributed by atoms with van der Waals surface area (Å²) in [5, 5.41) is 2.94. The van der Waals surface area contributed by atoms with Gasteiger partial charge in [0.05, 0.1) is 38.1 Å². The lowest BCUT2D eigenvalue weighted by molar-refractivity contribution is -0.126.